The molecule has 0 spiro atoms. The molecule has 2 amide bonds. The van der Waals surface area contributed by atoms with E-state index in [1.165, 1.54) is 0 Å². The molecule has 26 heavy (non-hydrogen) atoms. The maximum Gasteiger partial charge on any atom is 0.240 e. The summed E-state index contributed by atoms with van der Waals surface area (Å²) in [6.07, 6.45) is 0. The Morgan fingerprint density at radius 2 is 1.62 bits per heavy atom. The van der Waals surface area contributed by atoms with E-state index in [2.05, 4.69) is 10.2 Å². The molecule has 0 aliphatic carbocycles. The number of rotatable bonds is 4. The number of amides is 2. The number of halogens is 2. The molecule has 8 heteroatoms. The number of anilines is 1. The number of carbonyl (C=O) groups is 2. The van der Waals surface area contributed by atoms with Gasteiger partial charge in [0, 0.05) is 31.9 Å². The van der Waals surface area contributed by atoms with E-state index in [1.54, 1.807) is 0 Å². The topological polar surface area (TPSA) is 78.7 Å². The van der Waals surface area contributed by atoms with Crippen LogP contribution in [0.15, 0.2) is 30.3 Å². The summed E-state index contributed by atoms with van der Waals surface area (Å²) in [6, 6.07) is 8.92. The molecule has 6 nitrogen and oxygen atoms in total. The Balaban J connectivity index is 0.00000312. The van der Waals surface area contributed by atoms with E-state index in [-0.39, 0.29) is 42.0 Å². The van der Waals surface area contributed by atoms with Gasteiger partial charge >= 0.3 is 0 Å². The predicted molar refractivity (Wildman–Crippen MR) is 110 cm³/mol. The van der Waals surface area contributed by atoms with Gasteiger partial charge < -0.3 is 16.0 Å². The molecule has 1 aliphatic heterocycles. The van der Waals surface area contributed by atoms with Crippen molar-refractivity contribution in [3.63, 3.8) is 0 Å². The van der Waals surface area contributed by atoms with Gasteiger partial charge in [0.2, 0.25) is 11.8 Å². The van der Waals surface area contributed by atoms with Crippen LogP contribution in [-0.4, -0.2) is 60.4 Å². The Labute approximate surface area is 168 Å². The van der Waals surface area contributed by atoms with Crippen LogP contribution >= 0.6 is 24.8 Å². The van der Waals surface area contributed by atoms with Crippen LogP contribution in [0.3, 0.4) is 0 Å². The molecule has 1 saturated heterocycles. The van der Waals surface area contributed by atoms with Crippen molar-refractivity contribution in [3.8, 4) is 0 Å². The average molecular weight is 405 g/mol. The number of nitrogens with one attached hydrogen (secondary N) is 1. The molecule has 1 atom stereocenters. The van der Waals surface area contributed by atoms with E-state index in [9.17, 15) is 9.59 Å². The summed E-state index contributed by atoms with van der Waals surface area (Å²) in [5, 5.41) is 2.88. The molecular formula is C18H30Cl2N4O2. The van der Waals surface area contributed by atoms with E-state index in [4.69, 9.17) is 5.73 Å². The van der Waals surface area contributed by atoms with Crippen LogP contribution in [0.4, 0.5) is 5.69 Å². The first-order valence-electron chi connectivity index (χ1n) is 8.39. The summed E-state index contributed by atoms with van der Waals surface area (Å²) in [4.78, 5) is 28.4. The first-order valence-corrected chi connectivity index (χ1v) is 8.39. The van der Waals surface area contributed by atoms with Gasteiger partial charge in [-0.2, -0.15) is 0 Å². The first-order chi connectivity index (χ1) is 11.3. The van der Waals surface area contributed by atoms with E-state index in [1.807, 2.05) is 56.0 Å². The minimum atomic E-state index is -0.495. The molecule has 1 aromatic carbocycles. The molecule has 2 rings (SSSR count). The number of nitrogens with two attached hydrogens (primary N) is 1. The van der Waals surface area contributed by atoms with Gasteiger partial charge in [-0.15, -0.1) is 24.8 Å². The van der Waals surface area contributed by atoms with Crippen molar-refractivity contribution in [1.29, 1.82) is 0 Å². The Kier molecular flexibility index (Phi) is 10.2. The summed E-state index contributed by atoms with van der Waals surface area (Å²) in [6.45, 7) is 8.85. The lowest BCUT2D eigenvalue weighted by Gasteiger charge is -2.37. The summed E-state index contributed by atoms with van der Waals surface area (Å²) >= 11 is 0. The van der Waals surface area contributed by atoms with Crippen LogP contribution in [0, 0.1) is 5.41 Å². The van der Waals surface area contributed by atoms with Gasteiger partial charge in [-0.3, -0.25) is 14.5 Å². The summed E-state index contributed by atoms with van der Waals surface area (Å²) in [5.41, 5.74) is 6.61. The highest BCUT2D eigenvalue weighted by molar-refractivity contribution is 5.92. The van der Waals surface area contributed by atoms with Crippen LogP contribution < -0.4 is 11.1 Å². The highest BCUT2D eigenvalue weighted by atomic mass is 35.5. The van der Waals surface area contributed by atoms with Gasteiger partial charge in [0.05, 0.1) is 12.6 Å². The third-order valence-electron chi connectivity index (χ3n) is 4.31. The van der Waals surface area contributed by atoms with E-state index < -0.39 is 6.04 Å². The molecular weight excluding hydrogens is 375 g/mol. The smallest absolute Gasteiger partial charge is 0.240 e. The molecule has 0 aromatic heterocycles. The van der Waals surface area contributed by atoms with Crippen molar-refractivity contribution in [2.24, 2.45) is 11.1 Å². The van der Waals surface area contributed by atoms with Crippen LogP contribution in [0.25, 0.3) is 0 Å². The lowest BCUT2D eigenvalue weighted by Crippen LogP contribution is -2.56. The molecule has 0 saturated carbocycles. The van der Waals surface area contributed by atoms with E-state index in [0.29, 0.717) is 32.7 Å². The molecule has 0 unspecified atom stereocenters. The number of carbonyl (C=O) groups excluding carboxylic acids is 2. The normalized spacial score (nSPS) is 16.1. The number of nitrogens with zero attached hydrogens (tertiary/aromatic N) is 2. The average Bonchev–Trinajstić information content (AvgIpc) is 2.54. The second-order valence-electron chi connectivity index (χ2n) is 7.36. The number of benzene rings is 1. The van der Waals surface area contributed by atoms with Gasteiger partial charge in [-0.1, -0.05) is 39.0 Å². The van der Waals surface area contributed by atoms with Crippen molar-refractivity contribution in [3.05, 3.63) is 30.3 Å². The zero-order valence-corrected chi connectivity index (χ0v) is 17.2. The van der Waals surface area contributed by atoms with Crippen LogP contribution in [0.5, 0.6) is 0 Å². The fourth-order valence-corrected chi connectivity index (χ4v) is 2.62. The Morgan fingerprint density at radius 3 is 2.12 bits per heavy atom. The molecule has 0 radical (unpaired) electrons. The lowest BCUT2D eigenvalue weighted by atomic mass is 9.86. The van der Waals surface area contributed by atoms with Crippen LogP contribution in [-0.2, 0) is 9.59 Å². The van der Waals surface area contributed by atoms with Crippen LogP contribution in [0.1, 0.15) is 20.8 Å². The standard InChI is InChI=1S/C18H28N4O2.2ClH/c1-18(2,3)16(19)17(24)22-11-9-21(10-12-22)13-15(23)20-14-7-5-4-6-8-14;;/h4-8,16H,9-13,19H2,1-3H3,(H,20,23);2*1H/t16-;;/m1../s1. The predicted octanol–water partition coefficient (Wildman–Crippen LogP) is 1.99. The molecule has 1 aromatic rings. The Morgan fingerprint density at radius 1 is 1.08 bits per heavy atom. The van der Waals surface area contributed by atoms with Gasteiger partial charge in [-0.05, 0) is 17.5 Å². The quantitative estimate of drug-likeness (QED) is 0.803. The van der Waals surface area contributed by atoms with Crippen molar-refractivity contribution in [1.82, 2.24) is 9.80 Å². The highest BCUT2D eigenvalue weighted by Gasteiger charge is 2.32. The van der Waals surface area contributed by atoms with Gasteiger partial charge in [-0.25, -0.2) is 0 Å². The molecule has 1 fully saturated rings. The van der Waals surface area contributed by atoms with Crippen LogP contribution in [0.2, 0.25) is 0 Å². The lowest BCUT2D eigenvalue weighted by molar-refractivity contribution is -0.136. The summed E-state index contributed by atoms with van der Waals surface area (Å²) in [5.74, 6) is -0.0387. The van der Waals surface area contributed by atoms with E-state index in [0.717, 1.165) is 5.69 Å². The molecule has 1 heterocycles. The summed E-state index contributed by atoms with van der Waals surface area (Å²) in [7, 11) is 0. The third-order valence-corrected chi connectivity index (χ3v) is 4.31. The Hall–Kier alpha value is -1.34. The first kappa shape index (κ1) is 24.7. The van der Waals surface area contributed by atoms with Gasteiger partial charge in [0.25, 0.3) is 0 Å². The Bertz CT molecular complexity index is 570. The number of para-hydroxylation sites is 1. The number of piperazine rings is 1. The molecule has 3 N–H and O–H groups in total. The second-order valence-corrected chi connectivity index (χ2v) is 7.36. The zero-order chi connectivity index (χ0) is 17.7. The SMILES string of the molecule is CC(C)(C)[C@H](N)C(=O)N1CCN(CC(=O)Nc2ccccc2)CC1.Cl.Cl. The minimum absolute atomic E-state index is 0. The van der Waals surface area contributed by atoms with Crippen molar-refractivity contribution in [2.75, 3.05) is 38.0 Å². The van der Waals surface area contributed by atoms with Crippen molar-refractivity contribution < 1.29 is 9.59 Å². The number of hydrogen-bond acceptors (Lipinski definition) is 4. The molecule has 1 aliphatic rings. The third kappa shape index (κ3) is 7.11. The zero-order valence-electron chi connectivity index (χ0n) is 15.6. The van der Waals surface area contributed by atoms with E-state index >= 15 is 0 Å². The number of hydrogen-bond donors (Lipinski definition) is 2. The van der Waals surface area contributed by atoms with Crippen molar-refractivity contribution in [2.45, 2.75) is 26.8 Å². The largest absolute Gasteiger partial charge is 0.339 e. The minimum Gasteiger partial charge on any atom is -0.339 e. The maximum absolute atomic E-state index is 12.4. The van der Waals surface area contributed by atoms with Gasteiger partial charge in [0.15, 0.2) is 0 Å². The van der Waals surface area contributed by atoms with Crippen molar-refractivity contribution >= 4 is 42.3 Å². The molecule has 148 valence electrons. The highest BCUT2D eigenvalue weighted by Crippen LogP contribution is 2.19. The monoisotopic (exact) mass is 404 g/mol. The summed E-state index contributed by atoms with van der Waals surface area (Å²) < 4.78 is 0. The van der Waals surface area contributed by atoms with Gasteiger partial charge in [0.1, 0.15) is 0 Å². The second kappa shape index (κ2) is 10.7. The maximum atomic E-state index is 12.4. The fourth-order valence-electron chi connectivity index (χ4n) is 2.62. The molecule has 0 bridgehead atoms. The fraction of sp³-hybridized carbons (Fsp3) is 0.556.